The van der Waals surface area contributed by atoms with Gasteiger partial charge in [-0.05, 0) is 149 Å². The Morgan fingerprint density at radius 3 is 1.39 bits per heavy atom. The number of carbonyl (C=O) groups excluding carboxylic acids is 2. The first kappa shape index (κ1) is 81.4. The molecule has 536 valence electrons. The molecule has 0 aliphatic rings. The fourth-order valence-electron chi connectivity index (χ4n) is 13.5. The first-order valence-electron chi connectivity index (χ1n) is 34.5. The first-order valence-corrected chi connectivity index (χ1v) is 40.4. The molecule has 12 nitrogen and oxygen atoms in total. The number of H-pyrrole nitrogens is 3. The number of rotatable bonds is 20. The maximum atomic E-state index is 14.6. The van der Waals surface area contributed by atoms with Gasteiger partial charge in [-0.3, -0.25) is 9.59 Å². The van der Waals surface area contributed by atoms with Crippen molar-refractivity contribution < 1.29 is 27.9 Å². The zero-order valence-electron chi connectivity index (χ0n) is 59.9. The van der Waals surface area contributed by atoms with Gasteiger partial charge in [-0.15, -0.1) is 0 Å². The summed E-state index contributed by atoms with van der Waals surface area (Å²) in [4.78, 5) is 56.1. The highest BCUT2D eigenvalue weighted by atomic mass is 79.9. The summed E-state index contributed by atoms with van der Waals surface area (Å²) in [6.07, 6.45) is 13.0. The number of aldehydes is 1. The second-order valence-electron chi connectivity index (χ2n) is 27.1. The van der Waals surface area contributed by atoms with Gasteiger partial charge in [0.25, 0.3) is 0 Å². The van der Waals surface area contributed by atoms with E-state index in [1.807, 2.05) is 97.2 Å². The summed E-state index contributed by atoms with van der Waals surface area (Å²) < 4.78 is 42.7. The van der Waals surface area contributed by atoms with Crippen LogP contribution in [0.15, 0.2) is 187 Å². The Balaban J connectivity index is 0.000000181. The lowest BCUT2D eigenvalue weighted by Crippen LogP contribution is -2.24. The average Bonchev–Trinajstić information content (AvgIpc) is 1.65. The summed E-state index contributed by atoms with van der Waals surface area (Å²) in [7, 11) is -0.907. The monoisotopic (exact) mass is 1540 g/mol. The third-order valence-corrected chi connectivity index (χ3v) is 28.6. The van der Waals surface area contributed by atoms with Crippen LogP contribution in [0.5, 0.6) is 0 Å². The van der Waals surface area contributed by atoms with Gasteiger partial charge in [0.15, 0.2) is 12.1 Å². The average molecular weight is 1540 g/mol. The number of halogens is 7. The molecule has 102 heavy (non-hydrogen) atoms. The van der Waals surface area contributed by atoms with Crippen molar-refractivity contribution in [1.29, 1.82) is 0 Å². The summed E-state index contributed by atoms with van der Waals surface area (Å²) in [5.41, 5.74) is 15.0. The minimum absolute atomic E-state index is 0.0266. The van der Waals surface area contributed by atoms with Gasteiger partial charge >= 0.3 is 0 Å². The van der Waals surface area contributed by atoms with E-state index in [-0.39, 0.29) is 23.5 Å². The molecule has 21 heteroatoms. The van der Waals surface area contributed by atoms with Gasteiger partial charge in [0.05, 0.1) is 21.6 Å². The molecule has 12 aromatic rings. The summed E-state index contributed by atoms with van der Waals surface area (Å²) in [5.74, 6) is -1.97. The number of aliphatic hydroxyl groups is 1. The topological polar surface area (TPSA) is 179 Å². The molecule has 9 heterocycles. The molecular weight excluding hydrogens is 1450 g/mol. The number of carbonyl (C=O) groups is 2. The number of aryl methyl sites for hydroxylation is 4. The summed E-state index contributed by atoms with van der Waals surface area (Å²) in [5, 5.41) is 15.0. The summed E-state index contributed by atoms with van der Waals surface area (Å²) in [6, 6.07) is 43.3. The van der Waals surface area contributed by atoms with Crippen LogP contribution < -0.4 is 0 Å². The predicted molar refractivity (Wildman–Crippen MR) is 423 cm³/mol. The lowest BCUT2D eigenvalue weighted by molar-refractivity contribution is 0.0991. The standard InChI is InChI=1S/C21H15ClFN3O2.C21H17ClFN3.C13H10BrClFN.2C9H22Si.C8H6N2O/c22-17-6-2-1-4-14(17)18(27)10-12-7-8-15(20(23)26-12)19(28)16-11-25-21-13(16)5-3-9-24-21;22-19-6-2-1-4-14(19)7-9-17-10-8-15(20(23)26-17)12-16-13-25-21-18(16)5-3-11-24-21;14-11-8-7-10(17-13(11)16)6-5-9-3-1-2-4-12(9)15;2*1-7(2)10(8(3)4)9(5)6;11-5-6-4-10-8-7(6)2-1-3-9-8/h1-9,11,19,28H,10H2,(H,24,25);1-6,8,10-11,13H,7,9,12H2,(H,24,25);1-4,7-8H,5-6H2;2*7-10H,1-6H3;1-5H,(H,9,10). The molecule has 0 saturated carbocycles. The molecule has 0 aliphatic heterocycles. The van der Waals surface area contributed by atoms with Gasteiger partial charge in [0.1, 0.15) is 23.0 Å². The van der Waals surface area contributed by atoms with E-state index >= 15 is 0 Å². The van der Waals surface area contributed by atoms with Crippen molar-refractivity contribution >= 4 is 113 Å². The quantitative estimate of drug-likeness (QED) is 0.0250. The first-order chi connectivity index (χ1) is 48.8. The van der Waals surface area contributed by atoms with Crippen LogP contribution in [0.2, 0.25) is 48.3 Å². The van der Waals surface area contributed by atoms with Crippen molar-refractivity contribution in [2.24, 2.45) is 0 Å². The number of fused-ring (bicyclic) bond motifs is 3. The molecule has 1 atom stereocenters. The van der Waals surface area contributed by atoms with Crippen molar-refractivity contribution in [2.45, 2.75) is 161 Å². The number of aliphatic hydroxyl groups excluding tert-OH is 1. The normalized spacial score (nSPS) is 11.5. The van der Waals surface area contributed by atoms with E-state index in [4.69, 9.17) is 34.8 Å². The second kappa shape index (κ2) is 40.2. The number of nitrogens with zero attached hydrogens (tertiary/aromatic N) is 6. The molecule has 1 unspecified atom stereocenters. The molecule has 3 aromatic carbocycles. The number of nitrogens with one attached hydrogen (secondary N) is 3. The molecule has 9 aromatic heterocycles. The molecule has 12 rings (SSSR count). The Hall–Kier alpha value is -7.95. The van der Waals surface area contributed by atoms with Crippen LogP contribution in [0.3, 0.4) is 0 Å². The lowest BCUT2D eigenvalue weighted by atomic mass is 10.0. The van der Waals surface area contributed by atoms with E-state index in [0.29, 0.717) is 62.0 Å². The highest BCUT2D eigenvalue weighted by Gasteiger charge is 2.25. The van der Waals surface area contributed by atoms with Crippen LogP contribution in [0.4, 0.5) is 13.2 Å². The minimum atomic E-state index is -1.21. The number of ketones is 1. The largest absolute Gasteiger partial charge is 0.383 e. The van der Waals surface area contributed by atoms with E-state index < -0.39 is 41.5 Å². The third kappa shape index (κ3) is 23.5. The van der Waals surface area contributed by atoms with E-state index in [1.54, 1.807) is 73.4 Å². The van der Waals surface area contributed by atoms with Crippen LogP contribution in [0, 0.1) is 17.8 Å². The van der Waals surface area contributed by atoms with Gasteiger partial charge in [0.2, 0.25) is 17.8 Å². The molecule has 0 saturated heterocycles. The lowest BCUT2D eigenvalue weighted by Gasteiger charge is -2.26. The molecule has 0 spiro atoms. The van der Waals surface area contributed by atoms with Gasteiger partial charge in [0, 0.05) is 127 Å². The number of pyridine rings is 6. The number of benzene rings is 3. The van der Waals surface area contributed by atoms with E-state index in [9.17, 15) is 27.9 Å². The van der Waals surface area contributed by atoms with Gasteiger partial charge in [-0.1, -0.05) is 206 Å². The van der Waals surface area contributed by atoms with Gasteiger partial charge in [-0.2, -0.15) is 13.2 Å². The van der Waals surface area contributed by atoms with E-state index in [2.05, 4.69) is 144 Å². The van der Waals surface area contributed by atoms with Crippen LogP contribution in [0.25, 0.3) is 33.1 Å². The number of Topliss-reactive ketones (excluding diaryl/α,β-unsaturated/α-hetero) is 1. The van der Waals surface area contributed by atoms with Crippen LogP contribution in [-0.4, -0.2) is 79.6 Å². The Bertz CT molecular complexity index is 4580. The van der Waals surface area contributed by atoms with Crippen LogP contribution >= 0.6 is 50.7 Å². The molecule has 0 bridgehead atoms. The highest BCUT2D eigenvalue weighted by molar-refractivity contribution is 9.10. The van der Waals surface area contributed by atoms with Crippen molar-refractivity contribution in [3.05, 3.63) is 282 Å². The Morgan fingerprint density at radius 1 is 0.461 bits per heavy atom. The minimum Gasteiger partial charge on any atom is -0.383 e. The van der Waals surface area contributed by atoms with Crippen LogP contribution in [-0.2, 0) is 38.5 Å². The Morgan fingerprint density at radius 2 is 0.902 bits per heavy atom. The number of aromatic nitrogens is 9. The molecule has 0 aliphatic carbocycles. The number of hydrogen-bond acceptors (Lipinski definition) is 9. The summed E-state index contributed by atoms with van der Waals surface area (Å²) >= 11 is 21.3. The predicted octanol–water partition coefficient (Wildman–Crippen LogP) is 22.1. The fourth-order valence-corrected chi connectivity index (χ4v) is 23.6. The maximum absolute atomic E-state index is 14.6. The van der Waals surface area contributed by atoms with Crippen LogP contribution in [0.1, 0.15) is 160 Å². The smallest absolute Gasteiger partial charge is 0.227 e. The molecule has 0 fully saturated rings. The third-order valence-electron chi connectivity index (χ3n) is 17.7. The van der Waals surface area contributed by atoms with Crippen molar-refractivity contribution in [3.63, 3.8) is 0 Å². The molecule has 4 N–H and O–H groups in total. The van der Waals surface area contributed by atoms with E-state index in [1.165, 1.54) is 12.1 Å². The molecule has 0 radical (unpaired) electrons. The molecular formula is C81H92BrCl3F3N9O3Si2. The number of aromatic amines is 3. The van der Waals surface area contributed by atoms with E-state index in [0.717, 1.165) is 113 Å². The SMILES string of the molecule is CC(C)[SiH](C(C)C)C(C)C.CC(C)[SiH](C(C)C)C(C)C.Fc1nc(CCc2ccccc2Cl)ccc1Br.Fc1nc(CCc2ccccc2Cl)ccc1Cc1c[nH]c2ncccc12.O=C(Cc1ccc(C(O)c2c[nH]c3ncccc23)c(F)n1)c1ccccc1Cl.O=Cc1c[nH]c2ncccc12. The zero-order valence-corrected chi connectivity index (χ0v) is 66.1. The zero-order chi connectivity index (χ0) is 74.2. The maximum Gasteiger partial charge on any atom is 0.227 e. The van der Waals surface area contributed by atoms with Gasteiger partial charge in [-0.25, -0.2) is 29.9 Å². The van der Waals surface area contributed by atoms with Crippen molar-refractivity contribution in [1.82, 2.24) is 44.9 Å². The van der Waals surface area contributed by atoms with Crippen molar-refractivity contribution in [3.8, 4) is 0 Å². The Labute approximate surface area is 624 Å². The molecule has 0 amide bonds. The second-order valence-corrected chi connectivity index (χ2v) is 39.5. The van der Waals surface area contributed by atoms with Crippen molar-refractivity contribution in [2.75, 3.05) is 0 Å². The fraction of sp³-hybridized carbons (Fsp3) is 0.309. The number of hydrogen-bond donors (Lipinski definition) is 4. The van der Waals surface area contributed by atoms with Gasteiger partial charge < -0.3 is 20.1 Å². The Kier molecular flexibility index (Phi) is 32.1. The summed E-state index contributed by atoms with van der Waals surface area (Å²) in [6.45, 7) is 28.6. The highest BCUT2D eigenvalue weighted by Crippen LogP contribution is 2.33.